The van der Waals surface area contributed by atoms with Gasteiger partial charge in [0.1, 0.15) is 0 Å². The Kier molecular flexibility index (Phi) is 6.01. The fourth-order valence-electron chi connectivity index (χ4n) is 1.66. The number of thiol groups is 1. The van der Waals surface area contributed by atoms with Gasteiger partial charge < -0.3 is 5.32 Å². The predicted molar refractivity (Wildman–Crippen MR) is 61.3 cm³/mol. The van der Waals surface area contributed by atoms with Crippen LogP contribution in [0.4, 0.5) is 0 Å². The van der Waals surface area contributed by atoms with E-state index in [9.17, 15) is 0 Å². The van der Waals surface area contributed by atoms with Gasteiger partial charge in [0, 0.05) is 0 Å². The van der Waals surface area contributed by atoms with Crippen LogP contribution in [0.25, 0.3) is 0 Å². The van der Waals surface area contributed by atoms with Gasteiger partial charge in [0.15, 0.2) is 0 Å². The smallest absolute Gasteiger partial charge is 0.308 e. The molecule has 1 aromatic rings. The van der Waals surface area contributed by atoms with E-state index in [1.54, 1.807) is 0 Å². The first-order valence-corrected chi connectivity index (χ1v) is 5.09. The summed E-state index contributed by atoms with van der Waals surface area (Å²) in [5.41, 5.74) is 2.59. The van der Waals surface area contributed by atoms with Crippen LogP contribution in [0.3, 0.4) is 0 Å². The fraction of sp³-hybridized carbons (Fsp3) is 0.300. The fourth-order valence-corrected chi connectivity index (χ4v) is 2.10. The molecule has 1 atom stereocenters. The quantitative estimate of drug-likeness (QED) is 0.389. The van der Waals surface area contributed by atoms with Gasteiger partial charge in [-0.1, -0.05) is 18.6 Å². The Bertz CT molecular complexity index is 341. The normalized spacial score (nSPS) is 19.4. The van der Waals surface area contributed by atoms with Gasteiger partial charge in [-0.15, -0.1) is 23.8 Å². The second kappa shape index (κ2) is 6.23. The van der Waals surface area contributed by atoms with E-state index in [0.29, 0.717) is 4.20 Å². The second-order valence-electron chi connectivity index (χ2n) is 3.10. The van der Waals surface area contributed by atoms with Crippen LogP contribution in [-0.2, 0) is 6.42 Å². The minimum Gasteiger partial charge on any atom is -0.308 e. The first-order valence-electron chi connectivity index (χ1n) is 4.24. The van der Waals surface area contributed by atoms with Crippen LogP contribution in [0.1, 0.15) is 17.2 Å². The molecule has 68 valence electrons. The van der Waals surface area contributed by atoms with Crippen LogP contribution < -0.4 is 63.5 Å². The van der Waals surface area contributed by atoms with Crippen molar-refractivity contribution in [2.75, 3.05) is 6.54 Å². The molecule has 1 aromatic carbocycles. The van der Waals surface area contributed by atoms with Crippen molar-refractivity contribution in [2.24, 2.45) is 0 Å². The third kappa shape index (κ3) is 2.97. The van der Waals surface area contributed by atoms with Crippen LogP contribution in [0.5, 0.6) is 0 Å². The Balaban J connectivity index is 0.000000980. The van der Waals surface area contributed by atoms with E-state index >= 15 is 0 Å². The molecule has 1 aliphatic heterocycles. The minimum absolute atomic E-state index is 0. The molecule has 0 fully saturated rings. The summed E-state index contributed by atoms with van der Waals surface area (Å²) in [6.07, 6.45) is 1.06. The van der Waals surface area contributed by atoms with Crippen molar-refractivity contribution in [3.63, 3.8) is 0 Å². The Morgan fingerprint density at radius 1 is 1.64 bits per heavy atom. The molecule has 0 saturated carbocycles. The minimum atomic E-state index is 0. The zero-order valence-corrected chi connectivity index (χ0v) is 14.7. The molecular formula is C10H10NRbS2. The zero-order valence-electron chi connectivity index (χ0n) is 8.08. The molecule has 1 nitrogen and oxygen atoms in total. The van der Waals surface area contributed by atoms with Gasteiger partial charge in [-0.05, 0) is 6.54 Å². The zero-order chi connectivity index (χ0) is 9.26. The van der Waals surface area contributed by atoms with Crippen LogP contribution in [0.2, 0.25) is 0 Å². The summed E-state index contributed by atoms with van der Waals surface area (Å²) in [6.45, 7) is 0.968. The van der Waals surface area contributed by atoms with Crippen LogP contribution in [0, 0.1) is 6.07 Å². The van der Waals surface area contributed by atoms with E-state index in [-0.39, 0.29) is 64.2 Å². The second-order valence-corrected chi connectivity index (χ2v) is 4.32. The number of hydrogen-bond acceptors (Lipinski definition) is 2. The van der Waals surface area contributed by atoms with E-state index in [1.165, 1.54) is 11.1 Å². The first-order chi connectivity index (χ1) is 6.29. The van der Waals surface area contributed by atoms with Crippen molar-refractivity contribution in [2.45, 2.75) is 12.5 Å². The summed E-state index contributed by atoms with van der Waals surface area (Å²) in [5.74, 6) is 0. The Labute approximate surface area is 144 Å². The molecule has 0 radical (unpaired) electrons. The molecular weight excluding hydrogens is 284 g/mol. The average Bonchev–Trinajstić information content (AvgIpc) is 2.17. The molecule has 1 heterocycles. The third-order valence-electron chi connectivity index (χ3n) is 2.29. The molecule has 0 aliphatic carbocycles. The molecule has 0 amide bonds. The molecule has 0 aromatic heterocycles. The molecule has 0 spiro atoms. The number of benzene rings is 1. The first kappa shape index (κ1) is 13.5. The van der Waals surface area contributed by atoms with Crippen molar-refractivity contribution in [3.8, 4) is 0 Å². The van der Waals surface area contributed by atoms with Gasteiger partial charge >= 0.3 is 58.2 Å². The molecule has 0 bridgehead atoms. The maximum absolute atomic E-state index is 5.08. The van der Waals surface area contributed by atoms with Crippen molar-refractivity contribution >= 4 is 29.0 Å². The van der Waals surface area contributed by atoms with E-state index in [2.05, 4.69) is 30.1 Å². The molecule has 4 heteroatoms. The van der Waals surface area contributed by atoms with Crippen LogP contribution in [-0.4, -0.2) is 10.7 Å². The average molecular weight is 294 g/mol. The number of thiocarbonyl (C=S) groups is 1. The van der Waals surface area contributed by atoms with Gasteiger partial charge in [-0.25, -0.2) is 0 Å². The maximum atomic E-state index is 5.08. The van der Waals surface area contributed by atoms with Gasteiger partial charge in [0.2, 0.25) is 0 Å². The largest absolute Gasteiger partial charge is 1.00 e. The molecule has 1 aliphatic rings. The SMILES string of the molecule is S=C(S)C1NCCc2c[c-]ccc21.[Rb+]. The topological polar surface area (TPSA) is 12.0 Å². The monoisotopic (exact) mass is 293 g/mol. The summed E-state index contributed by atoms with van der Waals surface area (Å²) in [7, 11) is 0. The summed E-state index contributed by atoms with van der Waals surface area (Å²) in [4.78, 5) is 0. The summed E-state index contributed by atoms with van der Waals surface area (Å²) >= 11 is 9.31. The maximum Gasteiger partial charge on any atom is 1.00 e. The summed E-state index contributed by atoms with van der Waals surface area (Å²) in [6, 6.07) is 9.24. The molecule has 0 saturated heterocycles. The molecule has 2 rings (SSSR count). The standard InChI is InChI=1S/C10H10NS2.Rb/c12-10(13)9-8-4-2-1-3-7(8)5-6-11-9;/h2-4,9,11H,5-6H2,(H,12,13);/q-1;+1. The Morgan fingerprint density at radius 3 is 3.14 bits per heavy atom. The molecule has 1 N–H and O–H groups in total. The van der Waals surface area contributed by atoms with Crippen molar-refractivity contribution in [1.29, 1.82) is 0 Å². The Morgan fingerprint density at radius 2 is 2.43 bits per heavy atom. The van der Waals surface area contributed by atoms with Gasteiger partial charge in [0.25, 0.3) is 0 Å². The van der Waals surface area contributed by atoms with Crippen LogP contribution in [0.15, 0.2) is 18.2 Å². The molecule has 14 heavy (non-hydrogen) atoms. The van der Waals surface area contributed by atoms with Gasteiger partial charge in [0.05, 0.1) is 10.2 Å². The number of hydrogen-bond donors (Lipinski definition) is 2. The van der Waals surface area contributed by atoms with Crippen molar-refractivity contribution < 1.29 is 58.2 Å². The summed E-state index contributed by atoms with van der Waals surface area (Å²) < 4.78 is 0.715. The van der Waals surface area contributed by atoms with E-state index < -0.39 is 0 Å². The molecule has 1 unspecified atom stereocenters. The predicted octanol–water partition coefficient (Wildman–Crippen LogP) is -1.07. The van der Waals surface area contributed by atoms with Crippen molar-refractivity contribution in [3.05, 3.63) is 35.4 Å². The summed E-state index contributed by atoms with van der Waals surface area (Å²) in [5, 5.41) is 3.34. The number of rotatable bonds is 1. The van der Waals surface area contributed by atoms with Crippen LogP contribution >= 0.6 is 24.8 Å². The van der Waals surface area contributed by atoms with Crippen molar-refractivity contribution in [1.82, 2.24) is 5.32 Å². The van der Waals surface area contributed by atoms with Gasteiger partial charge in [-0.2, -0.15) is 24.3 Å². The third-order valence-corrected chi connectivity index (χ3v) is 2.78. The van der Waals surface area contributed by atoms with E-state index in [4.69, 9.17) is 12.2 Å². The van der Waals surface area contributed by atoms with E-state index in [1.807, 2.05) is 12.1 Å². The van der Waals surface area contributed by atoms with Gasteiger partial charge in [-0.3, -0.25) is 0 Å². The van der Waals surface area contributed by atoms with E-state index in [0.717, 1.165) is 13.0 Å². The number of nitrogens with one attached hydrogen (secondary N) is 1. The number of fused-ring (bicyclic) bond motifs is 1. The Hall–Kier alpha value is 1.43.